The molecule has 2 rings (SSSR count). The molecule has 0 aliphatic heterocycles. The lowest BCUT2D eigenvalue weighted by atomic mass is 10.1. The first-order valence-electron chi connectivity index (χ1n) is 10.7. The average Bonchev–Trinajstić information content (AvgIpc) is 2.76. The lowest BCUT2D eigenvalue weighted by Crippen LogP contribution is -2.52. The van der Waals surface area contributed by atoms with Crippen molar-refractivity contribution in [3.05, 3.63) is 62.5 Å². The van der Waals surface area contributed by atoms with Crippen LogP contribution in [0.4, 0.5) is 5.69 Å². The van der Waals surface area contributed by atoms with Gasteiger partial charge in [-0.3, -0.25) is 13.9 Å². The van der Waals surface area contributed by atoms with E-state index >= 15 is 0 Å². The highest BCUT2D eigenvalue weighted by Crippen LogP contribution is 2.26. The van der Waals surface area contributed by atoms with E-state index in [1.807, 2.05) is 6.92 Å². The van der Waals surface area contributed by atoms with Crippen LogP contribution < -0.4 is 9.62 Å². The van der Waals surface area contributed by atoms with Gasteiger partial charge in [0.25, 0.3) is 0 Å². The fraction of sp³-hybridized carbons (Fsp3) is 0.391. The first-order valence-corrected chi connectivity index (χ1v) is 14.1. The van der Waals surface area contributed by atoms with Gasteiger partial charge in [-0.15, -0.1) is 0 Å². The van der Waals surface area contributed by atoms with Crippen molar-refractivity contribution in [2.45, 2.75) is 39.3 Å². The Morgan fingerprint density at radius 1 is 1.12 bits per heavy atom. The first-order chi connectivity index (χ1) is 16.0. The van der Waals surface area contributed by atoms with E-state index in [0.29, 0.717) is 38.7 Å². The second-order valence-corrected chi connectivity index (χ2v) is 11.4. The number of carbonyl (C=O) groups excluding carboxylic acids is 2. The summed E-state index contributed by atoms with van der Waals surface area (Å²) in [7, 11) is -3.80. The van der Waals surface area contributed by atoms with Gasteiger partial charge in [0.2, 0.25) is 21.8 Å². The number of hydrogen-bond donors (Lipinski definition) is 1. The van der Waals surface area contributed by atoms with Gasteiger partial charge in [0.1, 0.15) is 12.6 Å². The van der Waals surface area contributed by atoms with Crippen LogP contribution in [0.2, 0.25) is 10.0 Å². The molecule has 2 aromatic carbocycles. The van der Waals surface area contributed by atoms with Crippen molar-refractivity contribution < 1.29 is 18.0 Å². The van der Waals surface area contributed by atoms with Crippen molar-refractivity contribution in [2.24, 2.45) is 0 Å². The fourth-order valence-electron chi connectivity index (χ4n) is 3.36. The highest BCUT2D eigenvalue weighted by molar-refractivity contribution is 9.10. The number of halogens is 3. The van der Waals surface area contributed by atoms with Gasteiger partial charge in [-0.05, 0) is 48.7 Å². The quantitative estimate of drug-likeness (QED) is 0.404. The second-order valence-electron chi connectivity index (χ2n) is 7.72. The van der Waals surface area contributed by atoms with Crippen molar-refractivity contribution >= 4 is 66.7 Å². The van der Waals surface area contributed by atoms with Crippen molar-refractivity contribution in [3.63, 3.8) is 0 Å². The number of nitrogens with one attached hydrogen (secondary N) is 1. The summed E-state index contributed by atoms with van der Waals surface area (Å²) in [5, 5.41) is 3.62. The van der Waals surface area contributed by atoms with E-state index in [9.17, 15) is 18.0 Å². The van der Waals surface area contributed by atoms with Crippen LogP contribution in [0.1, 0.15) is 32.3 Å². The van der Waals surface area contributed by atoms with E-state index in [1.54, 1.807) is 49.4 Å². The molecule has 2 aromatic rings. The third-order valence-electron chi connectivity index (χ3n) is 5.07. The summed E-state index contributed by atoms with van der Waals surface area (Å²) >= 11 is 15.7. The smallest absolute Gasteiger partial charge is 0.244 e. The molecule has 34 heavy (non-hydrogen) atoms. The van der Waals surface area contributed by atoms with Gasteiger partial charge >= 0.3 is 0 Å². The number of rotatable bonds is 11. The number of hydrogen-bond acceptors (Lipinski definition) is 4. The van der Waals surface area contributed by atoms with Gasteiger partial charge in [0, 0.05) is 27.6 Å². The van der Waals surface area contributed by atoms with Gasteiger partial charge < -0.3 is 10.2 Å². The van der Waals surface area contributed by atoms with Gasteiger partial charge in [-0.25, -0.2) is 8.42 Å². The van der Waals surface area contributed by atoms with E-state index in [-0.39, 0.29) is 12.5 Å². The summed E-state index contributed by atoms with van der Waals surface area (Å²) in [6.45, 7) is 3.73. The number of amides is 2. The molecule has 0 aliphatic carbocycles. The predicted octanol–water partition coefficient (Wildman–Crippen LogP) is 4.86. The lowest BCUT2D eigenvalue weighted by Gasteiger charge is -2.33. The third kappa shape index (κ3) is 7.86. The Kier molecular flexibility index (Phi) is 10.7. The van der Waals surface area contributed by atoms with Crippen LogP contribution >= 0.6 is 39.1 Å². The van der Waals surface area contributed by atoms with Crippen LogP contribution in [0.25, 0.3) is 0 Å². The molecular formula is C23H28BrCl2N3O4S. The molecule has 1 atom stereocenters. The van der Waals surface area contributed by atoms with Crippen molar-refractivity contribution in [2.75, 3.05) is 23.7 Å². The van der Waals surface area contributed by atoms with E-state index in [2.05, 4.69) is 21.2 Å². The molecular weight excluding hydrogens is 565 g/mol. The monoisotopic (exact) mass is 591 g/mol. The number of carbonyl (C=O) groups is 2. The van der Waals surface area contributed by atoms with E-state index in [4.69, 9.17) is 23.2 Å². The molecule has 11 heteroatoms. The Labute approximate surface area is 219 Å². The van der Waals surface area contributed by atoms with E-state index in [1.165, 1.54) is 4.90 Å². The second kappa shape index (κ2) is 12.8. The van der Waals surface area contributed by atoms with Gasteiger partial charge in [0.15, 0.2) is 0 Å². The van der Waals surface area contributed by atoms with Crippen LogP contribution in [-0.4, -0.2) is 50.5 Å². The number of anilines is 1. The summed E-state index contributed by atoms with van der Waals surface area (Å²) in [6.07, 6.45) is 2.11. The average molecular weight is 593 g/mol. The molecule has 0 bridgehead atoms. The van der Waals surface area contributed by atoms with Crippen LogP contribution in [-0.2, 0) is 26.2 Å². The summed E-state index contributed by atoms with van der Waals surface area (Å²) in [5.41, 5.74) is 0.924. The maximum atomic E-state index is 13.6. The topological polar surface area (TPSA) is 86.8 Å². The Balaban J connectivity index is 2.46. The minimum absolute atomic E-state index is 0.0168. The highest BCUT2D eigenvalue weighted by atomic mass is 79.9. The molecule has 7 nitrogen and oxygen atoms in total. The zero-order chi connectivity index (χ0) is 25.5. The molecule has 0 heterocycles. The fourth-order valence-corrected chi connectivity index (χ4v) is 5.06. The van der Waals surface area contributed by atoms with Crippen LogP contribution in [0, 0.1) is 0 Å². The van der Waals surface area contributed by atoms with Gasteiger partial charge in [0.05, 0.1) is 11.9 Å². The molecule has 0 unspecified atom stereocenters. The lowest BCUT2D eigenvalue weighted by molar-refractivity contribution is -0.140. The van der Waals surface area contributed by atoms with Crippen molar-refractivity contribution in [1.29, 1.82) is 0 Å². The van der Waals surface area contributed by atoms with Gasteiger partial charge in [-0.2, -0.15) is 0 Å². The molecule has 0 saturated heterocycles. The normalized spacial score (nSPS) is 12.2. The van der Waals surface area contributed by atoms with Crippen molar-refractivity contribution in [1.82, 2.24) is 10.2 Å². The maximum absolute atomic E-state index is 13.6. The van der Waals surface area contributed by atoms with Crippen LogP contribution in [0.3, 0.4) is 0 Å². The molecule has 1 N–H and O–H groups in total. The number of nitrogens with zero attached hydrogens (tertiary/aromatic N) is 2. The molecule has 0 saturated carbocycles. The van der Waals surface area contributed by atoms with E-state index < -0.39 is 28.5 Å². The third-order valence-corrected chi connectivity index (χ3v) is 7.29. The summed E-state index contributed by atoms with van der Waals surface area (Å²) in [5.74, 6) is -0.842. The minimum atomic E-state index is -3.80. The zero-order valence-electron chi connectivity index (χ0n) is 19.2. The summed E-state index contributed by atoms with van der Waals surface area (Å²) in [6, 6.07) is 10.7. The Bertz CT molecular complexity index is 1130. The molecule has 0 spiro atoms. The summed E-state index contributed by atoms with van der Waals surface area (Å²) in [4.78, 5) is 27.9. The van der Waals surface area contributed by atoms with Crippen LogP contribution in [0.5, 0.6) is 0 Å². The summed E-state index contributed by atoms with van der Waals surface area (Å²) < 4.78 is 26.9. The first kappa shape index (κ1) is 28.4. The SMILES string of the molecule is CCCNC(=O)[C@H](CC)N(Cc1ccc(Cl)cc1Cl)C(=O)CN(c1cccc(Br)c1)S(C)(=O)=O. The van der Waals surface area contributed by atoms with Crippen molar-refractivity contribution in [3.8, 4) is 0 Å². The highest BCUT2D eigenvalue weighted by Gasteiger charge is 2.32. The largest absolute Gasteiger partial charge is 0.354 e. The Hall–Kier alpha value is -1.81. The number of sulfonamides is 1. The molecule has 0 radical (unpaired) electrons. The zero-order valence-corrected chi connectivity index (χ0v) is 23.1. The molecule has 0 aromatic heterocycles. The molecule has 186 valence electrons. The van der Waals surface area contributed by atoms with Gasteiger partial charge in [-0.1, -0.05) is 65.1 Å². The molecule has 0 aliphatic rings. The maximum Gasteiger partial charge on any atom is 0.244 e. The molecule has 0 fully saturated rings. The Morgan fingerprint density at radius 2 is 1.82 bits per heavy atom. The molecule has 2 amide bonds. The minimum Gasteiger partial charge on any atom is -0.354 e. The Morgan fingerprint density at radius 3 is 2.38 bits per heavy atom. The predicted molar refractivity (Wildman–Crippen MR) is 141 cm³/mol. The number of benzene rings is 2. The standard InChI is InChI=1S/C23H28BrCl2N3O4S/c1-4-11-27-23(31)21(5-2)28(14-16-9-10-18(25)13-20(16)26)22(30)15-29(34(3,32)33)19-8-6-7-17(24)12-19/h6-10,12-13,21H,4-5,11,14-15H2,1-3H3,(H,27,31)/t21-/m0/s1. The van der Waals surface area contributed by atoms with E-state index in [0.717, 1.165) is 17.0 Å². The van der Waals surface area contributed by atoms with Crippen LogP contribution in [0.15, 0.2) is 46.9 Å².